The first-order valence-electron chi connectivity index (χ1n) is 12.6. The molecule has 2 aliphatic carbocycles. The van der Waals surface area contributed by atoms with Gasteiger partial charge in [0.15, 0.2) is 34.6 Å². The van der Waals surface area contributed by atoms with Gasteiger partial charge in [0.2, 0.25) is 5.75 Å². The van der Waals surface area contributed by atoms with Crippen molar-refractivity contribution in [2.24, 2.45) is 0 Å². The molecule has 0 radical (unpaired) electrons. The Balaban J connectivity index is 0.000000166. The molecule has 0 unspecified atom stereocenters. The van der Waals surface area contributed by atoms with Crippen LogP contribution in [0, 0.1) is 13.8 Å². The summed E-state index contributed by atoms with van der Waals surface area (Å²) in [4.78, 5) is 49.9. The van der Waals surface area contributed by atoms with E-state index in [0.717, 1.165) is 0 Å². The highest BCUT2D eigenvalue weighted by atomic mass is 16.5. The lowest BCUT2D eigenvalue weighted by molar-refractivity contribution is 0.0975. The second kappa shape index (κ2) is 9.95. The zero-order chi connectivity index (χ0) is 29.7. The quantitative estimate of drug-likeness (QED) is 0.222. The van der Waals surface area contributed by atoms with E-state index in [0.29, 0.717) is 11.1 Å². The van der Waals surface area contributed by atoms with E-state index in [9.17, 15) is 39.6 Å². The van der Waals surface area contributed by atoms with Gasteiger partial charge >= 0.3 is 0 Å². The summed E-state index contributed by atoms with van der Waals surface area (Å²) in [5.41, 5.74) is 1.56. The number of aromatic hydroxyl groups is 4. The number of phenolic OH excluding ortho intramolecular Hbond substituents is 4. The molecule has 0 saturated carbocycles. The molecule has 2 aliphatic rings. The van der Waals surface area contributed by atoms with Crippen LogP contribution in [0.2, 0.25) is 0 Å². The third kappa shape index (κ3) is 4.01. The Labute approximate surface area is 233 Å². The molecule has 4 N–H and O–H groups in total. The molecular formula is C32H24O9. The minimum atomic E-state index is -0.614. The van der Waals surface area contributed by atoms with Gasteiger partial charge < -0.3 is 25.2 Å². The van der Waals surface area contributed by atoms with Crippen LogP contribution < -0.4 is 4.74 Å². The summed E-state index contributed by atoms with van der Waals surface area (Å²) in [6.07, 6.45) is 0. The predicted octanol–water partition coefficient (Wildman–Crippen LogP) is 4.76. The molecule has 206 valence electrons. The van der Waals surface area contributed by atoms with Gasteiger partial charge in [0.05, 0.1) is 17.7 Å². The number of fused-ring (bicyclic) bond motifs is 4. The number of ether oxygens (including phenoxy) is 1. The molecule has 4 aromatic carbocycles. The average Bonchev–Trinajstić information content (AvgIpc) is 2.97. The molecule has 0 fully saturated rings. The summed E-state index contributed by atoms with van der Waals surface area (Å²) in [6.45, 7) is 5.05. The highest BCUT2D eigenvalue weighted by Gasteiger charge is 2.37. The molecule has 0 amide bonds. The van der Waals surface area contributed by atoms with Crippen LogP contribution in [-0.4, -0.2) is 50.2 Å². The van der Waals surface area contributed by atoms with E-state index < -0.39 is 23.1 Å². The summed E-state index contributed by atoms with van der Waals surface area (Å²) >= 11 is 0. The molecule has 9 nitrogen and oxygen atoms in total. The van der Waals surface area contributed by atoms with Crippen molar-refractivity contribution in [1.82, 2.24) is 0 Å². The van der Waals surface area contributed by atoms with Crippen molar-refractivity contribution < 1.29 is 44.3 Å². The smallest absolute Gasteiger partial charge is 0.201 e. The maximum atomic E-state index is 12.7. The largest absolute Gasteiger partial charge is 0.508 e. The van der Waals surface area contributed by atoms with E-state index >= 15 is 0 Å². The van der Waals surface area contributed by atoms with Gasteiger partial charge in [0, 0.05) is 44.5 Å². The van der Waals surface area contributed by atoms with E-state index in [-0.39, 0.29) is 79.9 Å². The van der Waals surface area contributed by atoms with E-state index in [1.807, 2.05) is 0 Å². The molecule has 4 aromatic rings. The summed E-state index contributed by atoms with van der Waals surface area (Å²) in [5.74, 6) is -3.24. The lowest BCUT2D eigenvalue weighted by atomic mass is 9.81. The van der Waals surface area contributed by atoms with E-state index in [2.05, 4.69) is 0 Å². The van der Waals surface area contributed by atoms with E-state index in [4.69, 9.17) is 4.74 Å². The first-order valence-corrected chi connectivity index (χ1v) is 12.6. The van der Waals surface area contributed by atoms with Crippen LogP contribution in [0.5, 0.6) is 28.7 Å². The van der Waals surface area contributed by atoms with Gasteiger partial charge in [0.1, 0.15) is 11.5 Å². The number of hydrogen-bond donors (Lipinski definition) is 4. The minimum absolute atomic E-state index is 0.0271. The number of carbonyl (C=O) groups excluding carboxylic acids is 4. The van der Waals surface area contributed by atoms with Gasteiger partial charge in [-0.15, -0.1) is 0 Å². The van der Waals surface area contributed by atoms with Gasteiger partial charge in [-0.25, -0.2) is 0 Å². The third-order valence-corrected chi connectivity index (χ3v) is 7.22. The number of carbonyl (C=O) groups is 4. The van der Waals surface area contributed by atoms with Gasteiger partial charge in [-0.05, 0) is 26.8 Å². The van der Waals surface area contributed by atoms with Crippen LogP contribution >= 0.6 is 0 Å². The molecule has 0 heterocycles. The van der Waals surface area contributed by atoms with Crippen LogP contribution in [0.4, 0.5) is 0 Å². The molecular weight excluding hydrogens is 528 g/mol. The Morgan fingerprint density at radius 3 is 1.54 bits per heavy atom. The first kappa shape index (κ1) is 27.1. The van der Waals surface area contributed by atoms with Gasteiger partial charge in [0.25, 0.3) is 0 Å². The van der Waals surface area contributed by atoms with E-state index in [1.54, 1.807) is 56.3 Å². The number of rotatable bonds is 2. The SMILES string of the molecule is CCOc1c(C)c2c(c(O)c1O)C(=O)c1ccccc1C2=O.Cc1c(O)cc2c(c1O)C(=O)c1ccccc1C2=O. The fourth-order valence-electron chi connectivity index (χ4n) is 5.12. The van der Waals surface area contributed by atoms with Gasteiger partial charge in [-0.2, -0.15) is 0 Å². The number of phenols is 4. The van der Waals surface area contributed by atoms with Crippen molar-refractivity contribution in [3.8, 4) is 28.7 Å². The molecule has 6 rings (SSSR count). The maximum Gasteiger partial charge on any atom is 0.201 e. The monoisotopic (exact) mass is 552 g/mol. The third-order valence-electron chi connectivity index (χ3n) is 7.22. The molecule has 0 spiro atoms. The topological polar surface area (TPSA) is 158 Å². The van der Waals surface area contributed by atoms with Crippen LogP contribution in [0.25, 0.3) is 0 Å². The molecule has 9 heteroatoms. The van der Waals surface area contributed by atoms with Crippen molar-refractivity contribution in [2.75, 3.05) is 6.61 Å². The minimum Gasteiger partial charge on any atom is -0.508 e. The zero-order valence-corrected chi connectivity index (χ0v) is 22.2. The number of benzene rings is 4. The van der Waals surface area contributed by atoms with Crippen LogP contribution in [-0.2, 0) is 0 Å². The average molecular weight is 553 g/mol. The lowest BCUT2D eigenvalue weighted by Crippen LogP contribution is -2.22. The summed E-state index contributed by atoms with van der Waals surface area (Å²) in [5, 5.41) is 40.0. The van der Waals surface area contributed by atoms with E-state index in [1.165, 1.54) is 19.1 Å². The molecule has 0 bridgehead atoms. The standard InChI is InChI=1S/C17H14O5.C15H10O4/c1-3-22-17-8(2)11-12(15(20)16(17)21)14(19)10-7-5-4-6-9(10)13(11)18;1-7-11(16)6-10-12(13(7)17)15(19)9-5-3-2-4-8(9)14(10)18/h4-7,20-21H,3H2,1-2H3;2-6,16-17H,1H3. The van der Waals surface area contributed by atoms with Crippen molar-refractivity contribution in [3.63, 3.8) is 0 Å². The summed E-state index contributed by atoms with van der Waals surface area (Å²) < 4.78 is 5.31. The predicted molar refractivity (Wildman–Crippen MR) is 147 cm³/mol. The van der Waals surface area contributed by atoms with Crippen molar-refractivity contribution in [1.29, 1.82) is 0 Å². The maximum absolute atomic E-state index is 12.7. The van der Waals surface area contributed by atoms with Crippen molar-refractivity contribution in [2.45, 2.75) is 20.8 Å². The van der Waals surface area contributed by atoms with Crippen molar-refractivity contribution >= 4 is 23.1 Å². The Kier molecular flexibility index (Phi) is 6.58. The Morgan fingerprint density at radius 2 is 1.02 bits per heavy atom. The first-order chi connectivity index (χ1) is 19.5. The highest BCUT2D eigenvalue weighted by Crippen LogP contribution is 2.47. The van der Waals surface area contributed by atoms with Gasteiger partial charge in [-0.1, -0.05) is 48.5 Å². The van der Waals surface area contributed by atoms with Crippen molar-refractivity contribution in [3.05, 3.63) is 110 Å². The Hall–Kier alpha value is -5.44. The summed E-state index contributed by atoms with van der Waals surface area (Å²) in [6, 6.07) is 14.1. The second-order valence-corrected chi connectivity index (χ2v) is 9.53. The normalized spacial score (nSPS) is 13.0. The number of hydrogen-bond acceptors (Lipinski definition) is 9. The molecule has 41 heavy (non-hydrogen) atoms. The van der Waals surface area contributed by atoms with Crippen LogP contribution in [0.3, 0.4) is 0 Å². The fourth-order valence-corrected chi connectivity index (χ4v) is 5.12. The highest BCUT2D eigenvalue weighted by molar-refractivity contribution is 6.31. The Morgan fingerprint density at radius 1 is 0.561 bits per heavy atom. The second-order valence-electron chi connectivity index (χ2n) is 9.53. The van der Waals surface area contributed by atoms with Gasteiger partial charge in [-0.3, -0.25) is 19.2 Å². The molecule has 0 saturated heterocycles. The molecule has 0 atom stereocenters. The fraction of sp³-hybridized carbons (Fsp3) is 0.125. The molecule has 0 aliphatic heterocycles. The Bertz CT molecular complexity index is 1830. The summed E-state index contributed by atoms with van der Waals surface area (Å²) in [7, 11) is 0. The zero-order valence-electron chi connectivity index (χ0n) is 22.2. The van der Waals surface area contributed by atoms with Crippen LogP contribution in [0.1, 0.15) is 81.7 Å². The van der Waals surface area contributed by atoms with Crippen LogP contribution in [0.15, 0.2) is 54.6 Å². The lowest BCUT2D eigenvalue weighted by Gasteiger charge is -2.22. The number of ketones is 4. The molecule has 0 aromatic heterocycles.